The summed E-state index contributed by atoms with van der Waals surface area (Å²) in [4.78, 5) is 4.34. The van der Waals surface area contributed by atoms with Crippen molar-refractivity contribution in [3.63, 3.8) is 0 Å². The second-order valence-electron chi connectivity index (χ2n) is 2.95. The molecule has 0 unspecified atom stereocenters. The van der Waals surface area contributed by atoms with Crippen LogP contribution in [0.4, 0.5) is 0 Å². The van der Waals surface area contributed by atoms with Crippen LogP contribution in [0.15, 0.2) is 66.4 Å². The fourth-order valence-corrected chi connectivity index (χ4v) is 1.27. The van der Waals surface area contributed by atoms with Gasteiger partial charge in [0.05, 0.1) is 0 Å². The van der Waals surface area contributed by atoms with Crippen molar-refractivity contribution in [2.75, 3.05) is 0 Å². The van der Waals surface area contributed by atoms with Crippen LogP contribution in [0.2, 0.25) is 0 Å². The Bertz CT molecular complexity index is 327. The minimum atomic E-state index is 0.998. The van der Waals surface area contributed by atoms with Crippen LogP contribution in [-0.2, 0) is 0 Å². The van der Waals surface area contributed by atoms with E-state index in [1.807, 2.05) is 24.4 Å². The van der Waals surface area contributed by atoms with Gasteiger partial charge in [0.2, 0.25) is 0 Å². The molecule has 0 saturated heterocycles. The first-order chi connectivity index (χ1) is 6.88. The van der Waals surface area contributed by atoms with Gasteiger partial charge in [-0.2, -0.15) is 0 Å². The van der Waals surface area contributed by atoms with E-state index in [1.165, 1.54) is 0 Å². The van der Waals surface area contributed by atoms with Crippen molar-refractivity contribution in [1.82, 2.24) is 0 Å². The number of nitrogens with zero attached hydrogens (tertiary/aromatic N) is 1. The van der Waals surface area contributed by atoms with Crippen LogP contribution in [0.5, 0.6) is 0 Å². The minimum Gasteiger partial charge on any atom is -0.261 e. The largest absolute Gasteiger partial charge is 0.261 e. The monoisotopic (exact) mass is 185 g/mol. The van der Waals surface area contributed by atoms with Crippen LogP contribution in [0.25, 0.3) is 0 Å². The lowest BCUT2D eigenvalue weighted by atomic mass is 10.0. The Hall–Kier alpha value is -1.63. The Balaban J connectivity index is 2.87. The van der Waals surface area contributed by atoms with Crippen LogP contribution in [0.1, 0.15) is 12.8 Å². The van der Waals surface area contributed by atoms with E-state index in [0.29, 0.717) is 0 Å². The topological polar surface area (TPSA) is 12.4 Å². The average molecular weight is 185 g/mol. The molecule has 1 heterocycles. The lowest BCUT2D eigenvalue weighted by molar-refractivity contribution is 1.06. The molecule has 0 bridgehead atoms. The first kappa shape index (κ1) is 10.5. The summed E-state index contributed by atoms with van der Waals surface area (Å²) < 4.78 is 0. The lowest BCUT2D eigenvalue weighted by Gasteiger charge is -2.07. The fraction of sp³-hybridized carbons (Fsp3) is 0.154. The molecule has 0 aromatic rings. The number of allylic oxidation sites excluding steroid dienone is 7. The van der Waals surface area contributed by atoms with Gasteiger partial charge >= 0.3 is 0 Å². The molecule has 0 aromatic heterocycles. The van der Waals surface area contributed by atoms with Crippen molar-refractivity contribution in [2.24, 2.45) is 4.99 Å². The summed E-state index contributed by atoms with van der Waals surface area (Å²) in [5.41, 5.74) is 2.23. The molecule has 0 radical (unpaired) electrons. The molecule has 0 spiro atoms. The summed E-state index contributed by atoms with van der Waals surface area (Å²) >= 11 is 0. The van der Waals surface area contributed by atoms with Crippen LogP contribution in [0.3, 0.4) is 0 Å². The molecule has 72 valence electrons. The predicted octanol–water partition coefficient (Wildman–Crippen LogP) is 3.59. The van der Waals surface area contributed by atoms with Crippen molar-refractivity contribution < 1.29 is 0 Å². The predicted molar refractivity (Wildman–Crippen MR) is 63.4 cm³/mol. The highest BCUT2D eigenvalue weighted by molar-refractivity contribution is 6.03. The maximum atomic E-state index is 4.34. The third-order valence-corrected chi connectivity index (χ3v) is 1.93. The van der Waals surface area contributed by atoms with E-state index in [-0.39, 0.29) is 0 Å². The molecule has 1 nitrogen and oxygen atoms in total. The molecule has 0 N–H and O–H groups in total. The van der Waals surface area contributed by atoms with Gasteiger partial charge in [-0.15, -0.1) is 0 Å². The van der Waals surface area contributed by atoms with Gasteiger partial charge in [-0.3, -0.25) is 4.99 Å². The van der Waals surface area contributed by atoms with Crippen molar-refractivity contribution in [2.45, 2.75) is 12.8 Å². The molecule has 0 amide bonds. The van der Waals surface area contributed by atoms with Gasteiger partial charge in [-0.1, -0.05) is 49.6 Å². The fourth-order valence-electron chi connectivity index (χ4n) is 1.27. The van der Waals surface area contributed by atoms with Crippen molar-refractivity contribution in [3.05, 3.63) is 61.4 Å². The van der Waals surface area contributed by atoms with Crippen molar-refractivity contribution in [1.29, 1.82) is 0 Å². The van der Waals surface area contributed by atoms with Crippen LogP contribution in [0, 0.1) is 0 Å². The number of rotatable bonds is 4. The zero-order valence-electron chi connectivity index (χ0n) is 8.32. The SMILES string of the molecule is C=C/C=C\C(=C/C=C)C1=NC=CCC1. The molecule has 0 fully saturated rings. The number of hydrogen-bond donors (Lipinski definition) is 0. The summed E-state index contributed by atoms with van der Waals surface area (Å²) in [6.07, 6.45) is 15.4. The molecular formula is C13H15N. The van der Waals surface area contributed by atoms with Crippen molar-refractivity contribution >= 4 is 5.71 Å². The molecule has 0 aliphatic carbocycles. The second-order valence-corrected chi connectivity index (χ2v) is 2.95. The van der Waals surface area contributed by atoms with E-state index in [1.54, 1.807) is 12.2 Å². The third-order valence-electron chi connectivity index (χ3n) is 1.93. The minimum absolute atomic E-state index is 0.998. The Morgan fingerprint density at radius 1 is 1.36 bits per heavy atom. The quantitative estimate of drug-likeness (QED) is 0.593. The van der Waals surface area contributed by atoms with Gasteiger partial charge in [0, 0.05) is 11.9 Å². The van der Waals surface area contributed by atoms with E-state index in [9.17, 15) is 0 Å². The molecule has 14 heavy (non-hydrogen) atoms. The maximum absolute atomic E-state index is 4.34. The Morgan fingerprint density at radius 2 is 2.21 bits per heavy atom. The normalized spacial score (nSPS) is 16.9. The summed E-state index contributed by atoms with van der Waals surface area (Å²) in [6.45, 7) is 7.34. The van der Waals surface area contributed by atoms with E-state index in [4.69, 9.17) is 0 Å². The maximum Gasteiger partial charge on any atom is 0.0478 e. The molecule has 0 aromatic carbocycles. The third kappa shape index (κ3) is 3.02. The summed E-state index contributed by atoms with van der Waals surface area (Å²) in [7, 11) is 0. The van der Waals surface area contributed by atoms with Gasteiger partial charge < -0.3 is 0 Å². The highest BCUT2D eigenvalue weighted by Gasteiger charge is 2.04. The molecule has 1 rings (SSSR count). The Kier molecular flexibility index (Phi) is 4.42. The highest BCUT2D eigenvalue weighted by atomic mass is 14.7. The standard InChI is InChI=1S/C13H15N/c1-3-5-9-12(8-4-2)13-10-6-7-11-14-13/h3-5,7-9,11H,1-2,6,10H2/b9-5-,12-8+. The van der Waals surface area contributed by atoms with E-state index < -0.39 is 0 Å². The summed E-state index contributed by atoms with van der Waals surface area (Å²) in [5, 5.41) is 0. The number of aliphatic imine (C=N–C) groups is 1. The van der Waals surface area contributed by atoms with Gasteiger partial charge in [0.15, 0.2) is 0 Å². The Labute approximate surface area is 85.6 Å². The number of hydrogen-bond acceptors (Lipinski definition) is 1. The molecule has 0 saturated carbocycles. The Morgan fingerprint density at radius 3 is 2.79 bits per heavy atom. The van der Waals surface area contributed by atoms with E-state index in [2.05, 4.69) is 24.2 Å². The van der Waals surface area contributed by atoms with E-state index >= 15 is 0 Å². The zero-order valence-corrected chi connectivity index (χ0v) is 8.32. The highest BCUT2D eigenvalue weighted by Crippen LogP contribution is 2.12. The smallest absolute Gasteiger partial charge is 0.0478 e. The van der Waals surface area contributed by atoms with Crippen LogP contribution < -0.4 is 0 Å². The molecule has 1 aliphatic rings. The first-order valence-corrected chi connectivity index (χ1v) is 4.72. The van der Waals surface area contributed by atoms with Crippen LogP contribution in [-0.4, -0.2) is 5.71 Å². The molecular weight excluding hydrogens is 170 g/mol. The van der Waals surface area contributed by atoms with Gasteiger partial charge in [0.1, 0.15) is 0 Å². The molecule has 0 atom stereocenters. The first-order valence-electron chi connectivity index (χ1n) is 4.72. The van der Waals surface area contributed by atoms with Crippen molar-refractivity contribution in [3.8, 4) is 0 Å². The lowest BCUT2D eigenvalue weighted by Crippen LogP contribution is -2.02. The summed E-state index contributed by atoms with van der Waals surface area (Å²) in [5.74, 6) is 0. The van der Waals surface area contributed by atoms with Gasteiger partial charge in [-0.05, 0) is 18.4 Å². The summed E-state index contributed by atoms with van der Waals surface area (Å²) in [6, 6.07) is 0. The van der Waals surface area contributed by atoms with Gasteiger partial charge in [-0.25, -0.2) is 0 Å². The second kappa shape index (κ2) is 5.92. The van der Waals surface area contributed by atoms with Gasteiger partial charge in [0.25, 0.3) is 0 Å². The molecule has 1 heteroatoms. The van der Waals surface area contributed by atoms with E-state index in [0.717, 1.165) is 24.1 Å². The zero-order chi connectivity index (χ0) is 10.2. The molecule has 1 aliphatic heterocycles. The van der Waals surface area contributed by atoms with Crippen LogP contribution >= 0.6 is 0 Å². The average Bonchev–Trinajstić information content (AvgIpc) is 2.25.